The predicted molar refractivity (Wildman–Crippen MR) is 115 cm³/mol. The van der Waals surface area contributed by atoms with Crippen molar-refractivity contribution in [3.63, 3.8) is 0 Å². The van der Waals surface area contributed by atoms with Crippen LogP contribution in [0, 0.1) is 11.3 Å². The monoisotopic (exact) mass is 427 g/mol. The number of piperidine rings is 1. The van der Waals surface area contributed by atoms with Crippen LogP contribution in [0.5, 0.6) is 11.5 Å². The highest BCUT2D eigenvalue weighted by Crippen LogP contribution is 2.37. The minimum atomic E-state index is -0.455. The van der Waals surface area contributed by atoms with Crippen LogP contribution in [0.4, 0.5) is 0 Å². The topological polar surface area (TPSA) is 85.6 Å². The second kappa shape index (κ2) is 8.27. The lowest BCUT2D eigenvalue weighted by Crippen LogP contribution is -2.62. The lowest BCUT2D eigenvalue weighted by Gasteiger charge is -2.51. The molecule has 2 N–H and O–H groups in total. The Morgan fingerprint density at radius 1 is 1.17 bits per heavy atom. The number of nitrogens with one attached hydrogen (secondary N) is 1. The number of para-hydroxylation sites is 1. The van der Waals surface area contributed by atoms with Gasteiger partial charge in [0.25, 0.3) is 5.91 Å². The molecule has 2 aromatic carbocycles. The first-order valence-electron chi connectivity index (χ1n) is 9.80. The molecule has 7 heteroatoms. The molecule has 0 spiro atoms. The van der Waals surface area contributed by atoms with E-state index < -0.39 is 11.1 Å². The molecule has 0 atom stereocenters. The summed E-state index contributed by atoms with van der Waals surface area (Å²) in [5.41, 5.74) is -0.0920. The maximum atomic E-state index is 12.8. The minimum absolute atomic E-state index is 0.0805. The summed E-state index contributed by atoms with van der Waals surface area (Å²) in [6, 6.07) is 13.7. The van der Waals surface area contributed by atoms with E-state index in [1.54, 1.807) is 42.5 Å². The zero-order valence-electron chi connectivity index (χ0n) is 17.6. The van der Waals surface area contributed by atoms with Gasteiger partial charge in [-0.25, -0.2) is 0 Å². The van der Waals surface area contributed by atoms with Gasteiger partial charge < -0.3 is 15.3 Å². The lowest BCUT2D eigenvalue weighted by molar-refractivity contribution is -0.245. The van der Waals surface area contributed by atoms with Crippen molar-refractivity contribution in [2.24, 2.45) is 0 Å². The maximum Gasteiger partial charge on any atom is 0.251 e. The zero-order valence-corrected chi connectivity index (χ0v) is 18.3. The highest BCUT2D eigenvalue weighted by Gasteiger charge is 2.45. The van der Waals surface area contributed by atoms with E-state index >= 15 is 0 Å². The molecule has 0 saturated carbocycles. The summed E-state index contributed by atoms with van der Waals surface area (Å²) < 4.78 is 5.76. The molecular formula is C23H26ClN3O3. The van der Waals surface area contributed by atoms with E-state index in [1.165, 1.54) is 5.06 Å². The van der Waals surface area contributed by atoms with Gasteiger partial charge in [-0.15, -0.1) is 0 Å². The number of carbonyl (C=O) groups is 1. The van der Waals surface area contributed by atoms with E-state index in [9.17, 15) is 15.3 Å². The molecule has 1 aliphatic heterocycles. The Balaban J connectivity index is 1.73. The lowest BCUT2D eigenvalue weighted by atomic mass is 9.79. The van der Waals surface area contributed by atoms with E-state index in [2.05, 4.69) is 11.4 Å². The van der Waals surface area contributed by atoms with Crippen molar-refractivity contribution in [2.45, 2.75) is 57.7 Å². The smallest absolute Gasteiger partial charge is 0.251 e. The van der Waals surface area contributed by atoms with Gasteiger partial charge in [0.2, 0.25) is 0 Å². The Hall–Kier alpha value is -2.59. The molecule has 6 nitrogen and oxygen atoms in total. The molecule has 0 bridgehead atoms. The number of hydroxylamine groups is 2. The molecule has 1 saturated heterocycles. The van der Waals surface area contributed by atoms with Crippen molar-refractivity contribution in [1.82, 2.24) is 10.4 Å². The summed E-state index contributed by atoms with van der Waals surface area (Å²) in [4.78, 5) is 12.8. The summed E-state index contributed by atoms with van der Waals surface area (Å²) in [5, 5.41) is 24.3. The molecule has 1 heterocycles. The number of amides is 1. The Morgan fingerprint density at radius 2 is 1.80 bits per heavy atom. The molecule has 2 aromatic rings. The number of ether oxygens (including phenoxy) is 1. The normalized spacial score (nSPS) is 18.4. The van der Waals surface area contributed by atoms with Crippen molar-refractivity contribution in [3.05, 3.63) is 58.6 Å². The Bertz CT molecular complexity index is 979. The van der Waals surface area contributed by atoms with Crippen molar-refractivity contribution in [3.8, 4) is 17.6 Å². The Morgan fingerprint density at radius 3 is 2.40 bits per heavy atom. The molecule has 0 aliphatic carbocycles. The van der Waals surface area contributed by atoms with Crippen LogP contribution in [0.25, 0.3) is 0 Å². The second-order valence-corrected chi connectivity index (χ2v) is 9.28. The number of nitrogens with zero attached hydrogens (tertiary/aromatic N) is 2. The largest absolute Gasteiger partial charge is 0.454 e. The molecule has 0 unspecified atom stereocenters. The van der Waals surface area contributed by atoms with E-state index in [0.29, 0.717) is 35.5 Å². The van der Waals surface area contributed by atoms with E-state index in [4.69, 9.17) is 16.3 Å². The molecule has 0 aromatic heterocycles. The van der Waals surface area contributed by atoms with Gasteiger partial charge in [-0.3, -0.25) is 4.79 Å². The number of hydrogen-bond donors (Lipinski definition) is 2. The van der Waals surface area contributed by atoms with Crippen LogP contribution in [0.3, 0.4) is 0 Å². The summed E-state index contributed by atoms with van der Waals surface area (Å²) in [5.74, 6) is 0.537. The van der Waals surface area contributed by atoms with E-state index in [0.717, 1.165) is 0 Å². The zero-order chi connectivity index (χ0) is 22.1. The second-order valence-electron chi connectivity index (χ2n) is 8.87. The van der Waals surface area contributed by atoms with E-state index in [-0.39, 0.29) is 17.0 Å². The number of nitriles is 1. The number of carbonyl (C=O) groups excluding carboxylic acids is 1. The van der Waals surface area contributed by atoms with Crippen LogP contribution < -0.4 is 10.1 Å². The molecule has 30 heavy (non-hydrogen) atoms. The first-order valence-corrected chi connectivity index (χ1v) is 10.2. The van der Waals surface area contributed by atoms with Gasteiger partial charge in [-0.1, -0.05) is 23.7 Å². The van der Waals surface area contributed by atoms with Crippen molar-refractivity contribution in [2.75, 3.05) is 0 Å². The van der Waals surface area contributed by atoms with Gasteiger partial charge >= 0.3 is 0 Å². The Labute approximate surface area is 182 Å². The van der Waals surface area contributed by atoms with Gasteiger partial charge in [-0.2, -0.15) is 10.3 Å². The number of rotatable bonds is 4. The fourth-order valence-corrected chi connectivity index (χ4v) is 4.35. The molecule has 0 radical (unpaired) electrons. The summed E-state index contributed by atoms with van der Waals surface area (Å²) in [6.07, 6.45) is 1.25. The standard InChI is InChI=1S/C23H26ClN3O3/c1-22(2)12-17(13-23(3,4)27(22)29)26-21(28)15-9-10-20(18(24)11-15)30-19-8-6-5-7-16(19)14-25/h5-11,17,29H,12-13H2,1-4H3,(H,26,28). The summed E-state index contributed by atoms with van der Waals surface area (Å²) in [6.45, 7) is 7.81. The summed E-state index contributed by atoms with van der Waals surface area (Å²) in [7, 11) is 0. The van der Waals surface area contributed by atoms with E-state index in [1.807, 2.05) is 27.7 Å². The third-order valence-corrected chi connectivity index (χ3v) is 5.69. The van der Waals surface area contributed by atoms with Crippen LogP contribution in [-0.4, -0.2) is 33.3 Å². The fourth-order valence-electron chi connectivity index (χ4n) is 4.13. The van der Waals surface area contributed by atoms with Crippen LogP contribution in [0.15, 0.2) is 42.5 Å². The van der Waals surface area contributed by atoms with Crippen molar-refractivity contribution >= 4 is 17.5 Å². The van der Waals surface area contributed by atoms with Gasteiger partial charge in [0.05, 0.1) is 10.6 Å². The summed E-state index contributed by atoms with van der Waals surface area (Å²) >= 11 is 6.34. The third kappa shape index (κ3) is 4.59. The third-order valence-electron chi connectivity index (χ3n) is 5.40. The molecule has 3 rings (SSSR count). The number of benzene rings is 2. The van der Waals surface area contributed by atoms with Gasteiger partial charge in [0.1, 0.15) is 17.6 Å². The van der Waals surface area contributed by atoms with Crippen LogP contribution in [0.2, 0.25) is 5.02 Å². The number of hydrogen-bond acceptors (Lipinski definition) is 5. The van der Waals surface area contributed by atoms with Crippen molar-refractivity contribution in [1.29, 1.82) is 5.26 Å². The molecule has 158 valence electrons. The van der Waals surface area contributed by atoms with Crippen molar-refractivity contribution < 1.29 is 14.7 Å². The number of halogens is 1. The first kappa shape index (κ1) is 22.1. The average molecular weight is 428 g/mol. The first-order chi connectivity index (χ1) is 14.0. The SMILES string of the molecule is CC1(C)CC(NC(=O)c2ccc(Oc3ccccc3C#N)c(Cl)c2)CC(C)(C)N1O. The molecule has 1 aliphatic rings. The minimum Gasteiger partial charge on any atom is -0.454 e. The van der Waals surface area contributed by atoms with Gasteiger partial charge in [-0.05, 0) is 70.9 Å². The fraction of sp³-hybridized carbons (Fsp3) is 0.391. The highest BCUT2D eigenvalue weighted by atomic mass is 35.5. The molecule has 1 amide bonds. The van der Waals surface area contributed by atoms with Crippen LogP contribution >= 0.6 is 11.6 Å². The molecule has 1 fully saturated rings. The van der Waals surface area contributed by atoms with Gasteiger partial charge in [0, 0.05) is 22.7 Å². The average Bonchev–Trinajstić information content (AvgIpc) is 2.67. The predicted octanol–water partition coefficient (Wildman–Crippen LogP) is 5.14. The molecular weight excluding hydrogens is 402 g/mol. The van der Waals surface area contributed by atoms with Crippen LogP contribution in [-0.2, 0) is 0 Å². The van der Waals surface area contributed by atoms with Crippen LogP contribution in [0.1, 0.15) is 56.5 Å². The highest BCUT2D eigenvalue weighted by molar-refractivity contribution is 6.32. The maximum absolute atomic E-state index is 12.8. The van der Waals surface area contributed by atoms with Gasteiger partial charge in [0.15, 0.2) is 0 Å². The Kier molecular flexibility index (Phi) is 6.09. The quantitative estimate of drug-likeness (QED) is 0.705.